The standard InChI is InChI=1S/C15H10N2O2/c18-9-11-1-3-14(4-2-11)17-6-5-13-7-12(10-19)8-16-15(13)17/h1-10H. The van der Waals surface area contributed by atoms with Gasteiger partial charge in [-0.3, -0.25) is 9.59 Å². The number of benzene rings is 1. The number of fused-ring (bicyclic) bond motifs is 1. The molecule has 1 aromatic carbocycles. The minimum Gasteiger partial charge on any atom is -0.301 e. The Hall–Kier alpha value is -2.75. The number of nitrogens with zero attached hydrogens (tertiary/aromatic N) is 2. The lowest BCUT2D eigenvalue weighted by Gasteiger charge is -2.04. The molecule has 0 fully saturated rings. The third-order valence-electron chi connectivity index (χ3n) is 2.99. The molecule has 0 unspecified atom stereocenters. The Morgan fingerprint density at radius 3 is 2.37 bits per heavy atom. The van der Waals surface area contributed by atoms with Crippen molar-refractivity contribution in [1.82, 2.24) is 9.55 Å². The highest BCUT2D eigenvalue weighted by Crippen LogP contribution is 2.19. The van der Waals surface area contributed by atoms with Crippen LogP contribution in [0, 0.1) is 0 Å². The predicted octanol–water partition coefficient (Wildman–Crippen LogP) is 2.65. The number of aldehydes is 2. The van der Waals surface area contributed by atoms with Crippen LogP contribution in [-0.4, -0.2) is 22.1 Å². The Morgan fingerprint density at radius 2 is 1.68 bits per heavy atom. The molecule has 0 aliphatic carbocycles. The van der Waals surface area contributed by atoms with Crippen molar-refractivity contribution in [3.63, 3.8) is 0 Å². The largest absolute Gasteiger partial charge is 0.301 e. The number of pyridine rings is 1. The molecule has 2 aromatic heterocycles. The van der Waals surface area contributed by atoms with Crippen molar-refractivity contribution >= 4 is 23.6 Å². The van der Waals surface area contributed by atoms with E-state index in [9.17, 15) is 9.59 Å². The maximum atomic E-state index is 10.7. The van der Waals surface area contributed by atoms with Gasteiger partial charge in [-0.1, -0.05) is 0 Å². The Balaban J connectivity index is 2.13. The summed E-state index contributed by atoms with van der Waals surface area (Å²) in [4.78, 5) is 25.6. The topological polar surface area (TPSA) is 52.0 Å². The van der Waals surface area contributed by atoms with E-state index in [0.717, 1.165) is 29.3 Å². The Bertz CT molecular complexity index is 757. The summed E-state index contributed by atoms with van der Waals surface area (Å²) in [7, 11) is 0. The van der Waals surface area contributed by atoms with Gasteiger partial charge in [0.25, 0.3) is 0 Å². The summed E-state index contributed by atoms with van der Waals surface area (Å²) in [6.45, 7) is 0. The van der Waals surface area contributed by atoms with E-state index in [1.807, 2.05) is 29.0 Å². The second-order valence-corrected chi connectivity index (χ2v) is 4.19. The molecule has 3 aromatic rings. The van der Waals surface area contributed by atoms with E-state index in [1.54, 1.807) is 24.4 Å². The Labute approximate surface area is 109 Å². The molecule has 4 heteroatoms. The van der Waals surface area contributed by atoms with Gasteiger partial charge in [-0.05, 0) is 36.4 Å². The summed E-state index contributed by atoms with van der Waals surface area (Å²) in [6, 6.07) is 10.9. The van der Waals surface area contributed by atoms with Crippen LogP contribution in [0.5, 0.6) is 0 Å². The van der Waals surface area contributed by atoms with Crippen LogP contribution < -0.4 is 0 Å². The first kappa shape index (κ1) is 11.3. The van der Waals surface area contributed by atoms with Gasteiger partial charge in [0.2, 0.25) is 0 Å². The van der Waals surface area contributed by atoms with Crippen LogP contribution >= 0.6 is 0 Å². The third-order valence-corrected chi connectivity index (χ3v) is 2.99. The number of rotatable bonds is 3. The van der Waals surface area contributed by atoms with Gasteiger partial charge in [-0.25, -0.2) is 4.98 Å². The van der Waals surface area contributed by atoms with E-state index in [-0.39, 0.29) is 0 Å². The lowest BCUT2D eigenvalue weighted by molar-refractivity contribution is 0.111. The van der Waals surface area contributed by atoms with Crippen LogP contribution in [-0.2, 0) is 0 Å². The molecule has 19 heavy (non-hydrogen) atoms. The lowest BCUT2D eigenvalue weighted by atomic mass is 10.2. The molecule has 0 N–H and O–H groups in total. The molecular formula is C15H10N2O2. The molecule has 0 amide bonds. The predicted molar refractivity (Wildman–Crippen MR) is 71.8 cm³/mol. The lowest BCUT2D eigenvalue weighted by Crippen LogP contribution is -1.94. The van der Waals surface area contributed by atoms with Gasteiger partial charge in [0.05, 0.1) is 0 Å². The van der Waals surface area contributed by atoms with Crippen molar-refractivity contribution in [2.24, 2.45) is 0 Å². The smallest absolute Gasteiger partial charge is 0.151 e. The Morgan fingerprint density at radius 1 is 0.947 bits per heavy atom. The van der Waals surface area contributed by atoms with Gasteiger partial charge in [-0.15, -0.1) is 0 Å². The minimum absolute atomic E-state index is 0.557. The van der Waals surface area contributed by atoms with Gasteiger partial charge in [0.1, 0.15) is 11.9 Å². The van der Waals surface area contributed by atoms with Crippen molar-refractivity contribution < 1.29 is 9.59 Å². The third kappa shape index (κ3) is 1.93. The van der Waals surface area contributed by atoms with Crippen molar-refractivity contribution in [2.75, 3.05) is 0 Å². The van der Waals surface area contributed by atoms with Gasteiger partial charge >= 0.3 is 0 Å². The maximum Gasteiger partial charge on any atom is 0.151 e. The first-order valence-electron chi connectivity index (χ1n) is 5.80. The van der Waals surface area contributed by atoms with Crippen LogP contribution in [0.3, 0.4) is 0 Å². The molecule has 0 atom stereocenters. The SMILES string of the molecule is O=Cc1ccc(-n2ccc3cc(C=O)cnc32)cc1. The number of hydrogen-bond donors (Lipinski definition) is 0. The molecule has 0 aliphatic rings. The normalized spacial score (nSPS) is 10.5. The van der Waals surface area contributed by atoms with Gasteiger partial charge < -0.3 is 4.57 Å². The zero-order valence-electron chi connectivity index (χ0n) is 9.98. The zero-order valence-corrected chi connectivity index (χ0v) is 9.98. The van der Waals surface area contributed by atoms with Crippen LogP contribution in [0.1, 0.15) is 20.7 Å². The molecule has 0 radical (unpaired) electrons. The molecular weight excluding hydrogens is 240 g/mol. The molecule has 0 saturated heterocycles. The van der Waals surface area contributed by atoms with E-state index in [2.05, 4.69) is 4.98 Å². The molecule has 92 valence electrons. The number of aromatic nitrogens is 2. The molecule has 0 spiro atoms. The van der Waals surface area contributed by atoms with E-state index in [0.29, 0.717) is 11.1 Å². The molecule has 0 aliphatic heterocycles. The summed E-state index contributed by atoms with van der Waals surface area (Å²) >= 11 is 0. The number of carbonyl (C=O) groups excluding carboxylic acids is 2. The fraction of sp³-hybridized carbons (Fsp3) is 0. The van der Waals surface area contributed by atoms with Crippen molar-refractivity contribution in [2.45, 2.75) is 0 Å². The van der Waals surface area contributed by atoms with E-state index in [1.165, 1.54) is 0 Å². The average Bonchev–Trinajstić information content (AvgIpc) is 2.90. The first-order chi connectivity index (χ1) is 9.31. The number of carbonyl (C=O) groups is 2. The fourth-order valence-electron chi connectivity index (χ4n) is 2.03. The van der Waals surface area contributed by atoms with E-state index < -0.39 is 0 Å². The van der Waals surface area contributed by atoms with E-state index in [4.69, 9.17) is 0 Å². The van der Waals surface area contributed by atoms with Crippen LogP contribution in [0.2, 0.25) is 0 Å². The monoisotopic (exact) mass is 250 g/mol. The summed E-state index contributed by atoms with van der Waals surface area (Å²) < 4.78 is 1.92. The minimum atomic E-state index is 0.557. The summed E-state index contributed by atoms with van der Waals surface area (Å²) in [6.07, 6.45) is 5.03. The highest BCUT2D eigenvalue weighted by atomic mass is 16.1. The van der Waals surface area contributed by atoms with Crippen LogP contribution in [0.15, 0.2) is 48.8 Å². The van der Waals surface area contributed by atoms with Gasteiger partial charge in [0, 0.05) is 34.6 Å². The second kappa shape index (κ2) is 4.49. The zero-order chi connectivity index (χ0) is 13.2. The summed E-state index contributed by atoms with van der Waals surface area (Å²) in [5, 5.41) is 0.907. The fourth-order valence-corrected chi connectivity index (χ4v) is 2.03. The highest BCUT2D eigenvalue weighted by molar-refractivity contribution is 5.85. The second-order valence-electron chi connectivity index (χ2n) is 4.19. The quantitative estimate of drug-likeness (QED) is 0.671. The van der Waals surface area contributed by atoms with Crippen molar-refractivity contribution in [1.29, 1.82) is 0 Å². The molecule has 2 heterocycles. The van der Waals surface area contributed by atoms with Crippen molar-refractivity contribution in [3.05, 3.63) is 59.9 Å². The van der Waals surface area contributed by atoms with Crippen molar-refractivity contribution in [3.8, 4) is 5.69 Å². The first-order valence-corrected chi connectivity index (χ1v) is 5.80. The summed E-state index contributed by atoms with van der Waals surface area (Å²) in [5.41, 5.74) is 2.90. The molecule has 0 bridgehead atoms. The van der Waals surface area contributed by atoms with E-state index >= 15 is 0 Å². The average molecular weight is 250 g/mol. The summed E-state index contributed by atoms with van der Waals surface area (Å²) in [5.74, 6) is 0. The molecule has 0 saturated carbocycles. The maximum absolute atomic E-state index is 10.7. The Kier molecular flexibility index (Phi) is 2.68. The number of hydrogen-bond acceptors (Lipinski definition) is 3. The molecule has 4 nitrogen and oxygen atoms in total. The van der Waals surface area contributed by atoms with Crippen LogP contribution in [0.25, 0.3) is 16.7 Å². The highest BCUT2D eigenvalue weighted by Gasteiger charge is 2.05. The molecule has 3 rings (SSSR count). The van der Waals surface area contributed by atoms with Crippen LogP contribution in [0.4, 0.5) is 0 Å². The van der Waals surface area contributed by atoms with Gasteiger partial charge in [-0.2, -0.15) is 0 Å². The van der Waals surface area contributed by atoms with Gasteiger partial charge in [0.15, 0.2) is 6.29 Å².